The van der Waals surface area contributed by atoms with E-state index in [-0.39, 0.29) is 42.1 Å². The van der Waals surface area contributed by atoms with Crippen LogP contribution in [0.5, 0.6) is 5.75 Å². The highest BCUT2D eigenvalue weighted by Gasteiger charge is 2.16. The molecule has 1 saturated carbocycles. The minimum Gasteiger partial charge on any atom is -0.507 e. The number of hydrogen-bond donors (Lipinski definition) is 3. The van der Waals surface area contributed by atoms with E-state index in [0.717, 1.165) is 24.0 Å². The Labute approximate surface area is 166 Å². The third kappa shape index (κ3) is 5.84. The van der Waals surface area contributed by atoms with Crippen molar-refractivity contribution >= 4 is 11.8 Å². The molecule has 5 heteroatoms. The van der Waals surface area contributed by atoms with Gasteiger partial charge in [0.1, 0.15) is 5.75 Å². The molecule has 3 rings (SSSR count). The van der Waals surface area contributed by atoms with Crippen LogP contribution >= 0.6 is 0 Å². The second kappa shape index (κ2) is 9.93. The topological polar surface area (TPSA) is 78.4 Å². The maximum Gasteiger partial charge on any atom is 0.255 e. The second-order valence-electron chi connectivity index (χ2n) is 7.42. The van der Waals surface area contributed by atoms with Gasteiger partial charge in [-0.15, -0.1) is 0 Å². The molecule has 28 heavy (non-hydrogen) atoms. The van der Waals surface area contributed by atoms with Gasteiger partial charge < -0.3 is 15.7 Å². The Kier molecular flexibility index (Phi) is 7.06. The van der Waals surface area contributed by atoms with Gasteiger partial charge in [0.25, 0.3) is 5.91 Å². The Morgan fingerprint density at radius 2 is 1.71 bits per heavy atom. The Morgan fingerprint density at radius 1 is 0.964 bits per heavy atom. The number of aromatic hydroxyl groups is 1. The summed E-state index contributed by atoms with van der Waals surface area (Å²) >= 11 is 0. The van der Waals surface area contributed by atoms with Crippen molar-refractivity contribution in [1.29, 1.82) is 0 Å². The molecule has 2 aromatic rings. The third-order valence-electron chi connectivity index (χ3n) is 5.16. The molecule has 5 nitrogen and oxygen atoms in total. The number of carbonyl (C=O) groups is 2. The highest BCUT2D eigenvalue weighted by molar-refractivity contribution is 5.97. The lowest BCUT2D eigenvalue weighted by molar-refractivity contribution is -0.121. The minimum absolute atomic E-state index is 0.0331. The molecule has 0 spiro atoms. The Hall–Kier alpha value is -2.82. The summed E-state index contributed by atoms with van der Waals surface area (Å²) in [7, 11) is 0. The average molecular weight is 380 g/mol. The molecular formula is C23H28N2O3. The van der Waals surface area contributed by atoms with Crippen LogP contribution in [0.3, 0.4) is 0 Å². The van der Waals surface area contributed by atoms with Gasteiger partial charge >= 0.3 is 0 Å². The summed E-state index contributed by atoms with van der Waals surface area (Å²) in [5.41, 5.74) is 2.32. The van der Waals surface area contributed by atoms with E-state index in [0.29, 0.717) is 6.42 Å². The van der Waals surface area contributed by atoms with E-state index in [1.54, 1.807) is 12.1 Å². The standard InChI is InChI=1S/C23H28N2O3/c26-21-12-11-18(15-17-7-3-1-4-8-17)16-20(21)23(28)24-14-13-22(27)25-19-9-5-2-6-10-19/h1,3-4,7-8,11-12,16,19,26H,2,5-6,9-10,13-15H2,(H,24,28)(H,25,27). The van der Waals surface area contributed by atoms with Crippen LogP contribution < -0.4 is 10.6 Å². The number of phenols is 1. The van der Waals surface area contributed by atoms with Crippen molar-refractivity contribution in [1.82, 2.24) is 10.6 Å². The van der Waals surface area contributed by atoms with Crippen LogP contribution in [0.15, 0.2) is 48.5 Å². The Balaban J connectivity index is 1.50. The van der Waals surface area contributed by atoms with Crippen molar-refractivity contribution in [3.8, 4) is 5.75 Å². The summed E-state index contributed by atoms with van der Waals surface area (Å²) in [6, 6.07) is 15.3. The van der Waals surface area contributed by atoms with E-state index in [9.17, 15) is 14.7 Å². The number of hydrogen-bond acceptors (Lipinski definition) is 3. The lowest BCUT2D eigenvalue weighted by Crippen LogP contribution is -2.38. The summed E-state index contributed by atoms with van der Waals surface area (Å²) in [5, 5.41) is 15.8. The number of carbonyl (C=O) groups excluding carboxylic acids is 2. The lowest BCUT2D eigenvalue weighted by Gasteiger charge is -2.22. The van der Waals surface area contributed by atoms with Crippen molar-refractivity contribution in [2.45, 2.75) is 51.0 Å². The van der Waals surface area contributed by atoms with Gasteiger partial charge in [0.2, 0.25) is 5.91 Å². The fraction of sp³-hybridized carbons (Fsp3) is 0.391. The van der Waals surface area contributed by atoms with Gasteiger partial charge in [0.05, 0.1) is 5.56 Å². The van der Waals surface area contributed by atoms with Crippen LogP contribution in [0.1, 0.15) is 60.0 Å². The van der Waals surface area contributed by atoms with Crippen molar-refractivity contribution in [2.24, 2.45) is 0 Å². The smallest absolute Gasteiger partial charge is 0.255 e. The van der Waals surface area contributed by atoms with Crippen LogP contribution in [0.4, 0.5) is 0 Å². The van der Waals surface area contributed by atoms with Crippen LogP contribution in [-0.2, 0) is 11.2 Å². The normalized spacial score (nSPS) is 14.4. The Bertz CT molecular complexity index is 799. The molecule has 0 saturated heterocycles. The van der Waals surface area contributed by atoms with Crippen LogP contribution in [0.2, 0.25) is 0 Å². The van der Waals surface area contributed by atoms with Gasteiger partial charge in [-0.1, -0.05) is 55.7 Å². The fourth-order valence-electron chi connectivity index (χ4n) is 3.64. The van der Waals surface area contributed by atoms with Gasteiger partial charge in [-0.05, 0) is 42.5 Å². The zero-order valence-electron chi connectivity index (χ0n) is 16.1. The predicted octanol–water partition coefficient (Wildman–Crippen LogP) is 3.55. The zero-order valence-corrected chi connectivity index (χ0v) is 16.1. The second-order valence-corrected chi connectivity index (χ2v) is 7.42. The highest BCUT2D eigenvalue weighted by atomic mass is 16.3. The summed E-state index contributed by atoms with van der Waals surface area (Å²) in [6.45, 7) is 0.250. The highest BCUT2D eigenvalue weighted by Crippen LogP contribution is 2.20. The first-order valence-corrected chi connectivity index (χ1v) is 10.0. The molecule has 0 aliphatic heterocycles. The number of phenolic OH excluding ortho intramolecular Hbond substituents is 1. The molecule has 3 N–H and O–H groups in total. The largest absolute Gasteiger partial charge is 0.507 e. The molecule has 1 aliphatic rings. The van der Waals surface area contributed by atoms with Crippen LogP contribution in [0, 0.1) is 0 Å². The third-order valence-corrected chi connectivity index (χ3v) is 5.16. The number of rotatable bonds is 7. The molecular weight excluding hydrogens is 352 g/mol. The number of benzene rings is 2. The van der Waals surface area contributed by atoms with Crippen molar-refractivity contribution < 1.29 is 14.7 Å². The molecule has 0 bridgehead atoms. The zero-order chi connectivity index (χ0) is 19.8. The molecule has 148 valence electrons. The fourth-order valence-corrected chi connectivity index (χ4v) is 3.64. The summed E-state index contributed by atoms with van der Waals surface area (Å²) in [6.07, 6.45) is 6.59. The summed E-state index contributed by atoms with van der Waals surface area (Å²) in [5.74, 6) is -0.451. The first-order chi connectivity index (χ1) is 13.6. The molecule has 0 heterocycles. The van der Waals surface area contributed by atoms with Gasteiger partial charge in [-0.2, -0.15) is 0 Å². The number of amides is 2. The maximum absolute atomic E-state index is 12.4. The van der Waals surface area contributed by atoms with Crippen LogP contribution in [-0.4, -0.2) is 29.5 Å². The van der Waals surface area contributed by atoms with Crippen LogP contribution in [0.25, 0.3) is 0 Å². The van der Waals surface area contributed by atoms with E-state index >= 15 is 0 Å². The summed E-state index contributed by atoms with van der Waals surface area (Å²) in [4.78, 5) is 24.5. The van der Waals surface area contributed by atoms with Crippen molar-refractivity contribution in [3.05, 3.63) is 65.2 Å². The lowest BCUT2D eigenvalue weighted by atomic mass is 9.95. The van der Waals surface area contributed by atoms with E-state index in [1.165, 1.54) is 19.3 Å². The molecule has 0 radical (unpaired) electrons. The van der Waals surface area contributed by atoms with Crippen molar-refractivity contribution in [2.75, 3.05) is 6.54 Å². The Morgan fingerprint density at radius 3 is 2.46 bits per heavy atom. The first-order valence-electron chi connectivity index (χ1n) is 10.0. The first kappa shape index (κ1) is 19.9. The quantitative estimate of drug-likeness (QED) is 0.687. The molecule has 1 fully saturated rings. The maximum atomic E-state index is 12.4. The minimum atomic E-state index is -0.363. The molecule has 0 aromatic heterocycles. The molecule has 0 unspecified atom stereocenters. The molecule has 0 atom stereocenters. The van der Waals surface area contributed by atoms with E-state index in [2.05, 4.69) is 10.6 Å². The average Bonchev–Trinajstić information content (AvgIpc) is 2.71. The number of nitrogens with one attached hydrogen (secondary N) is 2. The van der Waals surface area contributed by atoms with E-state index in [4.69, 9.17) is 0 Å². The van der Waals surface area contributed by atoms with Gasteiger partial charge in [0, 0.05) is 19.0 Å². The predicted molar refractivity (Wildman–Crippen MR) is 109 cm³/mol. The van der Waals surface area contributed by atoms with E-state index < -0.39 is 0 Å². The monoisotopic (exact) mass is 380 g/mol. The summed E-state index contributed by atoms with van der Waals surface area (Å²) < 4.78 is 0. The van der Waals surface area contributed by atoms with Gasteiger partial charge in [-0.3, -0.25) is 9.59 Å². The van der Waals surface area contributed by atoms with Crippen molar-refractivity contribution in [3.63, 3.8) is 0 Å². The molecule has 2 aromatic carbocycles. The van der Waals surface area contributed by atoms with Gasteiger partial charge in [-0.25, -0.2) is 0 Å². The molecule has 1 aliphatic carbocycles. The van der Waals surface area contributed by atoms with E-state index in [1.807, 2.05) is 36.4 Å². The molecule has 2 amide bonds. The van der Waals surface area contributed by atoms with Gasteiger partial charge in [0.15, 0.2) is 0 Å². The SMILES string of the molecule is O=C(CCNC(=O)c1cc(Cc2ccccc2)ccc1O)NC1CCCCC1.